The number of carbonyl (C=O) groups is 1. The Bertz CT molecular complexity index is 859. The molecule has 0 saturated carbocycles. The molecule has 2 N–H and O–H groups in total. The van der Waals surface area contributed by atoms with Gasteiger partial charge in [-0.3, -0.25) is 4.79 Å². The molecule has 0 bridgehead atoms. The maximum absolute atomic E-state index is 12.0. The molecule has 0 fully saturated rings. The van der Waals surface area contributed by atoms with Gasteiger partial charge < -0.3 is 15.1 Å². The largest absolute Gasteiger partial charge is 0.467 e. The quantitative estimate of drug-likeness (QED) is 0.778. The minimum absolute atomic E-state index is 0.0592. The Morgan fingerprint density at radius 1 is 1.22 bits per heavy atom. The van der Waals surface area contributed by atoms with E-state index < -0.39 is 0 Å². The Hall–Kier alpha value is -3.15. The average molecular weight is 306 g/mol. The van der Waals surface area contributed by atoms with E-state index in [1.165, 1.54) is 0 Å². The minimum Gasteiger partial charge on any atom is -0.467 e. The molecule has 3 heterocycles. The van der Waals surface area contributed by atoms with Crippen LogP contribution in [0.2, 0.25) is 0 Å². The SMILES string of the molecule is O=C1Cc2cnc(NCc3ccco3)nc2-c2ccccc2N1. The van der Waals surface area contributed by atoms with Crippen LogP contribution in [0.25, 0.3) is 11.3 Å². The molecule has 23 heavy (non-hydrogen) atoms. The number of hydrogen-bond donors (Lipinski definition) is 2. The molecule has 1 aromatic carbocycles. The molecular weight excluding hydrogens is 292 g/mol. The van der Waals surface area contributed by atoms with Gasteiger partial charge in [-0.05, 0) is 18.2 Å². The highest BCUT2D eigenvalue weighted by molar-refractivity contribution is 5.99. The van der Waals surface area contributed by atoms with Crippen LogP contribution in [0, 0.1) is 0 Å². The molecule has 0 spiro atoms. The van der Waals surface area contributed by atoms with Crippen LogP contribution in [0.4, 0.5) is 11.6 Å². The first-order valence-electron chi connectivity index (χ1n) is 7.31. The molecule has 3 aromatic rings. The van der Waals surface area contributed by atoms with Crippen molar-refractivity contribution < 1.29 is 9.21 Å². The topological polar surface area (TPSA) is 80.1 Å². The van der Waals surface area contributed by atoms with Gasteiger partial charge in [-0.2, -0.15) is 0 Å². The normalized spacial score (nSPS) is 12.8. The third kappa shape index (κ3) is 2.66. The van der Waals surface area contributed by atoms with Gasteiger partial charge in [0.25, 0.3) is 0 Å². The molecule has 114 valence electrons. The molecule has 0 aliphatic carbocycles. The van der Waals surface area contributed by atoms with Crippen molar-refractivity contribution >= 4 is 17.5 Å². The highest BCUT2D eigenvalue weighted by Gasteiger charge is 2.20. The minimum atomic E-state index is -0.0592. The summed E-state index contributed by atoms with van der Waals surface area (Å²) in [7, 11) is 0. The van der Waals surface area contributed by atoms with Crippen molar-refractivity contribution in [2.24, 2.45) is 0 Å². The lowest BCUT2D eigenvalue weighted by atomic mass is 10.1. The summed E-state index contributed by atoms with van der Waals surface area (Å²) in [6.45, 7) is 0.505. The maximum atomic E-state index is 12.0. The predicted octanol–water partition coefficient (Wildman–Crippen LogP) is 2.84. The van der Waals surface area contributed by atoms with Crippen LogP contribution in [0.3, 0.4) is 0 Å². The zero-order valence-electron chi connectivity index (χ0n) is 12.2. The summed E-state index contributed by atoms with van der Waals surface area (Å²) in [6, 6.07) is 11.4. The fraction of sp³-hybridized carbons (Fsp3) is 0.118. The van der Waals surface area contributed by atoms with E-state index >= 15 is 0 Å². The zero-order valence-corrected chi connectivity index (χ0v) is 12.2. The van der Waals surface area contributed by atoms with E-state index in [1.54, 1.807) is 12.5 Å². The fourth-order valence-corrected chi connectivity index (χ4v) is 2.60. The molecular formula is C17H14N4O2. The van der Waals surface area contributed by atoms with Gasteiger partial charge >= 0.3 is 0 Å². The number of amides is 1. The number of benzene rings is 1. The summed E-state index contributed by atoms with van der Waals surface area (Å²) in [5.41, 5.74) is 3.26. The van der Waals surface area contributed by atoms with E-state index in [4.69, 9.17) is 4.42 Å². The molecule has 0 radical (unpaired) electrons. The van der Waals surface area contributed by atoms with E-state index in [-0.39, 0.29) is 12.3 Å². The second-order valence-electron chi connectivity index (χ2n) is 5.27. The lowest BCUT2D eigenvalue weighted by Crippen LogP contribution is -2.12. The van der Waals surface area contributed by atoms with Crippen LogP contribution in [0.1, 0.15) is 11.3 Å². The Balaban J connectivity index is 1.70. The molecule has 2 aromatic heterocycles. The van der Waals surface area contributed by atoms with Crippen LogP contribution in [-0.4, -0.2) is 15.9 Å². The van der Waals surface area contributed by atoms with Crippen molar-refractivity contribution in [3.8, 4) is 11.3 Å². The van der Waals surface area contributed by atoms with Gasteiger partial charge in [0.15, 0.2) is 0 Å². The van der Waals surface area contributed by atoms with Gasteiger partial charge in [0.05, 0.1) is 30.6 Å². The lowest BCUT2D eigenvalue weighted by Gasteiger charge is -2.09. The summed E-state index contributed by atoms with van der Waals surface area (Å²) < 4.78 is 5.29. The van der Waals surface area contributed by atoms with Crippen LogP contribution in [-0.2, 0) is 17.8 Å². The highest BCUT2D eigenvalue weighted by atomic mass is 16.3. The molecule has 6 nitrogen and oxygen atoms in total. The predicted molar refractivity (Wildman–Crippen MR) is 85.8 cm³/mol. The van der Waals surface area contributed by atoms with E-state index in [2.05, 4.69) is 20.6 Å². The number of para-hydroxylation sites is 1. The average Bonchev–Trinajstić information content (AvgIpc) is 3.03. The monoisotopic (exact) mass is 306 g/mol. The second-order valence-corrected chi connectivity index (χ2v) is 5.27. The van der Waals surface area contributed by atoms with E-state index in [0.717, 1.165) is 28.3 Å². The van der Waals surface area contributed by atoms with Crippen molar-refractivity contribution in [3.05, 3.63) is 60.2 Å². The number of nitrogens with one attached hydrogen (secondary N) is 2. The van der Waals surface area contributed by atoms with Gasteiger partial charge in [0.2, 0.25) is 11.9 Å². The molecule has 0 atom stereocenters. The van der Waals surface area contributed by atoms with Crippen LogP contribution in [0.5, 0.6) is 0 Å². The molecule has 0 saturated heterocycles. The van der Waals surface area contributed by atoms with Crippen molar-refractivity contribution in [2.75, 3.05) is 10.6 Å². The molecule has 4 rings (SSSR count). The number of furan rings is 1. The van der Waals surface area contributed by atoms with Crippen molar-refractivity contribution in [1.82, 2.24) is 9.97 Å². The number of anilines is 2. The molecule has 1 aliphatic rings. The smallest absolute Gasteiger partial charge is 0.228 e. The summed E-state index contributed by atoms with van der Waals surface area (Å²) in [4.78, 5) is 20.9. The van der Waals surface area contributed by atoms with Gasteiger partial charge in [-0.25, -0.2) is 9.97 Å². The Morgan fingerprint density at radius 3 is 3.00 bits per heavy atom. The number of nitrogens with zero attached hydrogens (tertiary/aromatic N) is 2. The lowest BCUT2D eigenvalue weighted by molar-refractivity contribution is -0.115. The molecule has 1 aliphatic heterocycles. The van der Waals surface area contributed by atoms with Crippen LogP contribution in [0.15, 0.2) is 53.3 Å². The van der Waals surface area contributed by atoms with Crippen molar-refractivity contribution in [1.29, 1.82) is 0 Å². The molecule has 1 amide bonds. The Morgan fingerprint density at radius 2 is 2.13 bits per heavy atom. The summed E-state index contributed by atoms with van der Waals surface area (Å²) >= 11 is 0. The number of hydrogen-bond acceptors (Lipinski definition) is 5. The summed E-state index contributed by atoms with van der Waals surface area (Å²) in [5.74, 6) is 1.25. The van der Waals surface area contributed by atoms with E-state index in [9.17, 15) is 4.79 Å². The Labute approximate surface area is 132 Å². The number of fused-ring (bicyclic) bond motifs is 3. The number of rotatable bonds is 3. The van der Waals surface area contributed by atoms with Crippen LogP contribution >= 0.6 is 0 Å². The van der Waals surface area contributed by atoms with Gasteiger partial charge in [0.1, 0.15) is 5.76 Å². The molecule has 0 unspecified atom stereocenters. The first-order chi connectivity index (χ1) is 11.3. The molecule has 6 heteroatoms. The fourth-order valence-electron chi connectivity index (χ4n) is 2.60. The first kappa shape index (κ1) is 13.5. The first-order valence-corrected chi connectivity index (χ1v) is 7.31. The third-order valence-electron chi connectivity index (χ3n) is 3.67. The summed E-state index contributed by atoms with van der Waals surface area (Å²) in [6.07, 6.45) is 3.60. The third-order valence-corrected chi connectivity index (χ3v) is 3.67. The summed E-state index contributed by atoms with van der Waals surface area (Å²) in [5, 5.41) is 6.04. The van der Waals surface area contributed by atoms with Gasteiger partial charge in [-0.1, -0.05) is 18.2 Å². The van der Waals surface area contributed by atoms with Crippen molar-refractivity contribution in [2.45, 2.75) is 13.0 Å². The number of aromatic nitrogens is 2. The van der Waals surface area contributed by atoms with Crippen molar-refractivity contribution in [3.63, 3.8) is 0 Å². The van der Waals surface area contributed by atoms with Gasteiger partial charge in [-0.15, -0.1) is 0 Å². The second kappa shape index (κ2) is 5.57. The van der Waals surface area contributed by atoms with Gasteiger partial charge in [0, 0.05) is 17.3 Å². The Kier molecular flexibility index (Phi) is 3.27. The van der Waals surface area contributed by atoms with Crippen LogP contribution < -0.4 is 10.6 Å². The zero-order chi connectivity index (χ0) is 15.6. The van der Waals surface area contributed by atoms with E-state index in [1.807, 2.05) is 36.4 Å². The number of carbonyl (C=O) groups excluding carboxylic acids is 1. The standard InChI is InChI=1S/C17H14N4O2/c22-15-8-11-9-18-17(19-10-12-4-3-7-23-12)21-16(11)13-5-1-2-6-14(13)20-15/h1-7,9H,8,10H2,(H,20,22)(H,18,19,21). The van der Waals surface area contributed by atoms with E-state index in [0.29, 0.717) is 12.5 Å². The highest BCUT2D eigenvalue weighted by Crippen LogP contribution is 2.32. The maximum Gasteiger partial charge on any atom is 0.228 e.